The van der Waals surface area contributed by atoms with Crippen LogP contribution in [0.15, 0.2) is 47.4 Å². The Kier molecular flexibility index (Phi) is 7.04. The molecular formula is C23H27ClN4O4S. The van der Waals surface area contributed by atoms with Gasteiger partial charge in [0, 0.05) is 38.0 Å². The molecule has 2 aromatic carbocycles. The Morgan fingerprint density at radius 1 is 1.21 bits per heavy atom. The van der Waals surface area contributed by atoms with Crippen molar-refractivity contribution >= 4 is 38.6 Å². The van der Waals surface area contributed by atoms with Crippen molar-refractivity contribution in [3.05, 3.63) is 58.9 Å². The molecule has 1 fully saturated rings. The Balaban J connectivity index is 1.46. The summed E-state index contributed by atoms with van der Waals surface area (Å²) in [6.45, 7) is 3.37. The lowest BCUT2D eigenvalue weighted by molar-refractivity contribution is -0.121. The third-order valence-corrected chi connectivity index (χ3v) is 8.12. The van der Waals surface area contributed by atoms with E-state index in [2.05, 4.69) is 10.3 Å². The number of imidazole rings is 1. The largest absolute Gasteiger partial charge is 0.379 e. The van der Waals surface area contributed by atoms with Crippen molar-refractivity contribution in [2.75, 3.05) is 26.3 Å². The number of fused-ring (bicyclic) bond motifs is 1. The van der Waals surface area contributed by atoms with Gasteiger partial charge < -0.3 is 14.6 Å². The SMILES string of the molecule is CC(NC(=O)CCc1nc2cc(S(=O)(=O)N3CCOCC3)ccc2n1C)c1ccccc1Cl. The van der Waals surface area contributed by atoms with Crippen LogP contribution in [0.5, 0.6) is 0 Å². The van der Waals surface area contributed by atoms with Gasteiger partial charge in [0.25, 0.3) is 0 Å². The van der Waals surface area contributed by atoms with E-state index < -0.39 is 10.0 Å². The van der Waals surface area contributed by atoms with E-state index in [1.807, 2.05) is 36.7 Å². The minimum absolute atomic E-state index is 0.106. The van der Waals surface area contributed by atoms with Gasteiger partial charge in [-0.25, -0.2) is 13.4 Å². The van der Waals surface area contributed by atoms with Crippen LogP contribution in [0, 0.1) is 0 Å². The topological polar surface area (TPSA) is 93.5 Å². The van der Waals surface area contributed by atoms with E-state index in [1.165, 1.54) is 4.31 Å². The van der Waals surface area contributed by atoms with Crippen molar-refractivity contribution in [2.24, 2.45) is 7.05 Å². The van der Waals surface area contributed by atoms with Crippen molar-refractivity contribution in [1.82, 2.24) is 19.2 Å². The molecular weight excluding hydrogens is 464 g/mol. The lowest BCUT2D eigenvalue weighted by Gasteiger charge is -2.26. The fourth-order valence-corrected chi connectivity index (χ4v) is 5.72. The highest BCUT2D eigenvalue weighted by molar-refractivity contribution is 7.89. The van der Waals surface area contributed by atoms with Crippen LogP contribution in [-0.4, -0.2) is 54.5 Å². The number of nitrogens with one attached hydrogen (secondary N) is 1. The number of ether oxygens (including phenoxy) is 1. The number of hydrogen-bond acceptors (Lipinski definition) is 5. The van der Waals surface area contributed by atoms with Crippen LogP contribution in [0.2, 0.25) is 5.02 Å². The number of nitrogens with zero attached hydrogens (tertiary/aromatic N) is 3. The lowest BCUT2D eigenvalue weighted by atomic mass is 10.1. The van der Waals surface area contributed by atoms with Crippen molar-refractivity contribution in [3.8, 4) is 0 Å². The van der Waals surface area contributed by atoms with Gasteiger partial charge in [0.2, 0.25) is 15.9 Å². The van der Waals surface area contributed by atoms with Crippen LogP contribution in [0.1, 0.15) is 30.8 Å². The first-order valence-electron chi connectivity index (χ1n) is 10.8. The number of carbonyl (C=O) groups is 1. The maximum Gasteiger partial charge on any atom is 0.243 e. The molecule has 0 bridgehead atoms. The average molecular weight is 491 g/mol. The van der Waals surface area contributed by atoms with Crippen molar-refractivity contribution in [2.45, 2.75) is 30.7 Å². The molecule has 33 heavy (non-hydrogen) atoms. The van der Waals surface area contributed by atoms with Crippen LogP contribution in [-0.2, 0) is 33.0 Å². The second-order valence-electron chi connectivity index (χ2n) is 8.06. The van der Waals surface area contributed by atoms with Gasteiger partial charge in [0.15, 0.2) is 0 Å². The third-order valence-electron chi connectivity index (χ3n) is 5.88. The molecule has 8 nitrogen and oxygen atoms in total. The van der Waals surface area contributed by atoms with E-state index in [-0.39, 0.29) is 23.3 Å². The van der Waals surface area contributed by atoms with E-state index >= 15 is 0 Å². The number of morpholine rings is 1. The van der Waals surface area contributed by atoms with Gasteiger partial charge in [-0.1, -0.05) is 29.8 Å². The van der Waals surface area contributed by atoms with E-state index in [4.69, 9.17) is 16.3 Å². The van der Waals surface area contributed by atoms with Crippen LogP contribution in [0.4, 0.5) is 0 Å². The molecule has 1 saturated heterocycles. The molecule has 1 aromatic heterocycles. The minimum atomic E-state index is -3.60. The molecule has 0 aliphatic carbocycles. The van der Waals surface area contributed by atoms with Gasteiger partial charge in [0.1, 0.15) is 5.82 Å². The molecule has 4 rings (SSSR count). The van der Waals surface area contributed by atoms with Crippen molar-refractivity contribution in [1.29, 1.82) is 0 Å². The van der Waals surface area contributed by atoms with E-state index in [9.17, 15) is 13.2 Å². The van der Waals surface area contributed by atoms with Crippen molar-refractivity contribution in [3.63, 3.8) is 0 Å². The van der Waals surface area contributed by atoms with Gasteiger partial charge in [-0.3, -0.25) is 4.79 Å². The average Bonchev–Trinajstić information content (AvgIpc) is 3.13. The van der Waals surface area contributed by atoms with Gasteiger partial charge >= 0.3 is 0 Å². The number of halogens is 1. The number of aryl methyl sites for hydroxylation is 2. The molecule has 1 N–H and O–H groups in total. The zero-order valence-electron chi connectivity index (χ0n) is 18.6. The molecule has 10 heteroatoms. The van der Waals surface area contributed by atoms with Gasteiger partial charge in [-0.05, 0) is 36.8 Å². The maximum absolute atomic E-state index is 13.0. The highest BCUT2D eigenvalue weighted by atomic mass is 35.5. The first kappa shape index (κ1) is 23.7. The third kappa shape index (κ3) is 5.06. The molecule has 1 aliphatic rings. The van der Waals surface area contributed by atoms with E-state index in [1.54, 1.807) is 24.3 Å². The number of sulfonamides is 1. The normalized spacial score (nSPS) is 16.1. The Morgan fingerprint density at radius 3 is 2.67 bits per heavy atom. The molecule has 2 heterocycles. The van der Waals surface area contributed by atoms with Gasteiger partial charge in [-0.2, -0.15) is 4.31 Å². The first-order chi connectivity index (χ1) is 15.8. The summed E-state index contributed by atoms with van der Waals surface area (Å²) in [5.41, 5.74) is 2.27. The summed E-state index contributed by atoms with van der Waals surface area (Å²) in [5, 5.41) is 3.58. The highest BCUT2D eigenvalue weighted by Gasteiger charge is 2.27. The summed E-state index contributed by atoms with van der Waals surface area (Å²) >= 11 is 6.22. The number of hydrogen-bond donors (Lipinski definition) is 1. The summed E-state index contributed by atoms with van der Waals surface area (Å²) < 4.78 is 34.5. The number of carbonyl (C=O) groups excluding carboxylic acids is 1. The highest BCUT2D eigenvalue weighted by Crippen LogP contribution is 2.24. The summed E-state index contributed by atoms with van der Waals surface area (Å²) in [5.74, 6) is 0.608. The minimum Gasteiger partial charge on any atom is -0.379 e. The van der Waals surface area contributed by atoms with E-state index in [0.717, 1.165) is 11.1 Å². The Bertz CT molecular complexity index is 1270. The molecule has 3 aromatic rings. The molecule has 1 amide bonds. The fourth-order valence-electron chi connectivity index (χ4n) is 3.99. The van der Waals surface area contributed by atoms with Gasteiger partial charge in [-0.15, -0.1) is 0 Å². The van der Waals surface area contributed by atoms with Crippen LogP contribution in [0.3, 0.4) is 0 Å². The smallest absolute Gasteiger partial charge is 0.243 e. The summed E-state index contributed by atoms with van der Waals surface area (Å²) in [4.78, 5) is 17.3. The number of rotatable bonds is 7. The van der Waals surface area contributed by atoms with Crippen LogP contribution in [0.25, 0.3) is 11.0 Å². The Morgan fingerprint density at radius 2 is 1.94 bits per heavy atom. The second kappa shape index (κ2) is 9.80. The second-order valence-corrected chi connectivity index (χ2v) is 10.4. The van der Waals surface area contributed by atoms with Crippen molar-refractivity contribution < 1.29 is 17.9 Å². The van der Waals surface area contributed by atoms with Gasteiger partial charge in [0.05, 0.1) is 35.2 Å². The predicted molar refractivity (Wildman–Crippen MR) is 127 cm³/mol. The molecule has 1 atom stereocenters. The molecule has 1 aliphatic heterocycles. The number of amides is 1. The zero-order valence-corrected chi connectivity index (χ0v) is 20.2. The zero-order chi connectivity index (χ0) is 23.6. The number of aromatic nitrogens is 2. The molecule has 1 unspecified atom stereocenters. The summed E-state index contributed by atoms with van der Waals surface area (Å²) in [6, 6.07) is 12.2. The standard InChI is InChI=1S/C23H27ClN4O4S/c1-16(18-5-3-4-6-19(18)24)25-23(29)10-9-22-26-20-15-17(7-8-21(20)27(22)2)33(30,31)28-11-13-32-14-12-28/h3-8,15-16H,9-14H2,1-2H3,(H,25,29). The summed E-state index contributed by atoms with van der Waals surface area (Å²) in [7, 11) is -1.73. The fraction of sp³-hybridized carbons (Fsp3) is 0.391. The predicted octanol–water partition coefficient (Wildman–Crippen LogP) is 3.06. The monoisotopic (exact) mass is 490 g/mol. The molecule has 0 radical (unpaired) electrons. The van der Waals surface area contributed by atoms with Crippen LogP contribution < -0.4 is 5.32 Å². The van der Waals surface area contributed by atoms with E-state index in [0.29, 0.717) is 49.1 Å². The molecule has 0 spiro atoms. The lowest BCUT2D eigenvalue weighted by Crippen LogP contribution is -2.40. The number of benzene rings is 2. The summed E-state index contributed by atoms with van der Waals surface area (Å²) in [6.07, 6.45) is 0.683. The Hall–Kier alpha value is -2.46. The van der Waals surface area contributed by atoms with Crippen LogP contribution >= 0.6 is 11.6 Å². The first-order valence-corrected chi connectivity index (χ1v) is 12.7. The molecule has 0 saturated carbocycles. The Labute approximate surface area is 198 Å². The maximum atomic E-state index is 13.0. The quantitative estimate of drug-likeness (QED) is 0.549. The molecule has 176 valence electrons.